The van der Waals surface area contributed by atoms with Crippen molar-refractivity contribution in [3.63, 3.8) is 0 Å². The Kier molecular flexibility index (Phi) is 6.70. The molecule has 3 aromatic rings. The molecule has 0 saturated carbocycles. The summed E-state index contributed by atoms with van der Waals surface area (Å²) < 4.78 is 49.3. The lowest BCUT2D eigenvalue weighted by Gasteiger charge is -2.24. The van der Waals surface area contributed by atoms with Gasteiger partial charge in [-0.3, -0.25) is 9.69 Å². The molecule has 1 amide bonds. The van der Waals surface area contributed by atoms with E-state index in [-0.39, 0.29) is 4.91 Å². The smallest absolute Gasteiger partial charge is 0.271 e. The van der Waals surface area contributed by atoms with Crippen LogP contribution in [0.3, 0.4) is 0 Å². The molecule has 0 radical (unpaired) electrons. The van der Waals surface area contributed by atoms with Gasteiger partial charge in [-0.25, -0.2) is 8.42 Å². The van der Waals surface area contributed by atoms with Gasteiger partial charge < -0.3 is 18.9 Å². The molecule has 1 saturated heterocycles. The lowest BCUT2D eigenvalue weighted by atomic mass is 10.1. The molecule has 8 nitrogen and oxygen atoms in total. The number of carbonyl (C=O) groups is 1. The van der Waals surface area contributed by atoms with E-state index >= 15 is 0 Å². The highest BCUT2D eigenvalue weighted by molar-refractivity contribution is 7.97. The van der Waals surface area contributed by atoms with E-state index in [1.807, 2.05) is 0 Å². The Morgan fingerprint density at radius 2 is 1.34 bits per heavy atom. The topological polar surface area (TPSA) is 91.4 Å². The Balaban J connectivity index is 1.95. The molecule has 1 atom stereocenters. The summed E-state index contributed by atoms with van der Waals surface area (Å²) in [6.45, 7) is 0. The first kappa shape index (κ1) is 24.2. The van der Waals surface area contributed by atoms with Crippen LogP contribution in [0.2, 0.25) is 0 Å². The fourth-order valence-corrected chi connectivity index (χ4v) is 5.98. The quantitative estimate of drug-likeness (QED) is 0.453. The first-order valence-corrected chi connectivity index (χ1v) is 12.2. The van der Waals surface area contributed by atoms with E-state index in [1.165, 1.54) is 39.4 Å². The predicted octanol–water partition coefficient (Wildman–Crippen LogP) is 4.22. The second kappa shape index (κ2) is 9.71. The summed E-state index contributed by atoms with van der Waals surface area (Å²) in [5.41, 5.74) is 1.21. The summed E-state index contributed by atoms with van der Waals surface area (Å²) in [5.74, 6) is 0.740. The second-order valence-electron chi connectivity index (χ2n) is 7.62. The number of methoxy groups -OCH3 is 4. The fourth-order valence-electron chi connectivity index (χ4n) is 4.10. The average molecular weight is 496 g/mol. The van der Waals surface area contributed by atoms with Gasteiger partial charge in [0.15, 0.2) is 16.9 Å². The van der Waals surface area contributed by atoms with Crippen LogP contribution in [-0.2, 0) is 14.6 Å². The molecule has 1 aliphatic heterocycles. The highest BCUT2D eigenvalue weighted by Gasteiger charge is 2.51. The number of anilines is 1. The molecule has 3 aromatic carbocycles. The van der Waals surface area contributed by atoms with E-state index < -0.39 is 21.1 Å². The van der Waals surface area contributed by atoms with Crippen molar-refractivity contribution in [2.75, 3.05) is 33.3 Å². The zero-order chi connectivity index (χ0) is 25.2. The third-order valence-electron chi connectivity index (χ3n) is 5.68. The number of para-hydroxylation sites is 2. The van der Waals surface area contributed by atoms with Crippen molar-refractivity contribution in [1.29, 1.82) is 0 Å². The van der Waals surface area contributed by atoms with Crippen LogP contribution in [-0.4, -0.2) is 42.8 Å². The molecule has 0 bridgehead atoms. The number of carbonyl (C=O) groups excluding carboxylic acids is 1. The molecule has 0 aromatic heterocycles. The zero-order valence-electron chi connectivity index (χ0n) is 19.7. The van der Waals surface area contributed by atoms with Gasteiger partial charge >= 0.3 is 0 Å². The molecule has 182 valence electrons. The Morgan fingerprint density at radius 3 is 1.91 bits per heavy atom. The van der Waals surface area contributed by atoms with E-state index in [1.54, 1.807) is 66.7 Å². The van der Waals surface area contributed by atoms with Crippen LogP contribution in [0.4, 0.5) is 5.69 Å². The number of hydrogen-bond acceptors (Lipinski definition) is 7. The van der Waals surface area contributed by atoms with Crippen molar-refractivity contribution in [1.82, 2.24) is 0 Å². The molecule has 1 unspecified atom stereocenters. The summed E-state index contributed by atoms with van der Waals surface area (Å²) in [7, 11) is 1.72. The van der Waals surface area contributed by atoms with Crippen LogP contribution in [0.1, 0.15) is 16.5 Å². The van der Waals surface area contributed by atoms with Crippen molar-refractivity contribution in [3.05, 3.63) is 82.8 Å². The number of hydrogen-bond donors (Lipinski definition) is 0. The molecule has 0 aliphatic carbocycles. The van der Waals surface area contributed by atoms with E-state index in [0.29, 0.717) is 39.8 Å². The highest BCUT2D eigenvalue weighted by atomic mass is 32.2. The highest BCUT2D eigenvalue weighted by Crippen LogP contribution is 2.47. The van der Waals surface area contributed by atoms with Gasteiger partial charge in [-0.2, -0.15) is 0 Å². The second-order valence-corrected chi connectivity index (χ2v) is 9.60. The van der Waals surface area contributed by atoms with Gasteiger partial charge in [-0.15, -0.1) is 0 Å². The summed E-state index contributed by atoms with van der Waals surface area (Å²) in [6.07, 6.45) is 1.33. The Morgan fingerprint density at radius 1 is 0.771 bits per heavy atom. The minimum atomic E-state index is -4.14. The number of amides is 1. The molecule has 1 aliphatic rings. The van der Waals surface area contributed by atoms with Gasteiger partial charge in [0.05, 0.1) is 34.1 Å². The third kappa shape index (κ3) is 4.19. The lowest BCUT2D eigenvalue weighted by Crippen LogP contribution is -2.29. The van der Waals surface area contributed by atoms with Gasteiger partial charge in [0.1, 0.15) is 10.7 Å². The van der Waals surface area contributed by atoms with Crippen LogP contribution in [0.5, 0.6) is 23.0 Å². The number of ether oxygens (including phenoxy) is 4. The van der Waals surface area contributed by atoms with Gasteiger partial charge in [0.25, 0.3) is 5.91 Å². The molecule has 1 heterocycles. The molecule has 0 spiro atoms. The maximum absolute atomic E-state index is 13.9. The predicted molar refractivity (Wildman–Crippen MR) is 133 cm³/mol. The van der Waals surface area contributed by atoms with Crippen LogP contribution in [0, 0.1) is 0 Å². The van der Waals surface area contributed by atoms with E-state index in [0.717, 1.165) is 0 Å². The van der Waals surface area contributed by atoms with Gasteiger partial charge in [0, 0.05) is 0 Å². The maximum atomic E-state index is 13.9. The van der Waals surface area contributed by atoms with Crippen molar-refractivity contribution < 1.29 is 32.2 Å². The zero-order valence-corrected chi connectivity index (χ0v) is 20.5. The number of benzene rings is 3. The molecule has 4 rings (SSSR count). The van der Waals surface area contributed by atoms with E-state index in [4.69, 9.17) is 18.9 Å². The Bertz CT molecular complexity index is 1360. The maximum Gasteiger partial charge on any atom is 0.271 e. The molecule has 1 fully saturated rings. The van der Waals surface area contributed by atoms with Crippen LogP contribution in [0.15, 0.2) is 71.6 Å². The van der Waals surface area contributed by atoms with Crippen LogP contribution in [0.25, 0.3) is 6.08 Å². The third-order valence-corrected chi connectivity index (χ3v) is 7.66. The normalized spacial score (nSPS) is 17.9. The molecular formula is C26H25NO7S. The standard InChI is InChI=1S/C26H25NO7S/c1-31-20-13-9-8-12-19(20)27-25(28)23(35(29,30)26(27)18-10-6-5-7-11-18)16-17-14-21(32-2)24(34-4)22(15-17)33-3/h5-16,26H,1-4H3/b23-16+. The number of sulfone groups is 1. The van der Waals surface area contributed by atoms with Crippen LogP contribution >= 0.6 is 0 Å². The van der Waals surface area contributed by atoms with E-state index in [9.17, 15) is 13.2 Å². The van der Waals surface area contributed by atoms with E-state index in [2.05, 4.69) is 0 Å². The SMILES string of the molecule is COc1ccccc1N1C(=O)/C(=C\c2cc(OC)c(OC)c(OC)c2)S(=O)(=O)C1c1ccccc1. The first-order valence-electron chi connectivity index (χ1n) is 10.6. The summed E-state index contributed by atoms with van der Waals surface area (Å²) in [6, 6.07) is 18.6. The number of rotatable bonds is 7. The minimum Gasteiger partial charge on any atom is -0.495 e. The molecule has 0 N–H and O–H groups in total. The van der Waals surface area contributed by atoms with Crippen LogP contribution < -0.4 is 23.8 Å². The van der Waals surface area contributed by atoms with Crippen molar-refractivity contribution >= 4 is 27.5 Å². The Labute approximate surface area is 204 Å². The van der Waals surface area contributed by atoms with Crippen molar-refractivity contribution in [2.45, 2.75) is 5.37 Å². The average Bonchev–Trinajstić information content (AvgIpc) is 3.08. The summed E-state index contributed by atoms with van der Waals surface area (Å²) in [4.78, 5) is 14.6. The van der Waals surface area contributed by atoms with Crippen molar-refractivity contribution in [3.8, 4) is 23.0 Å². The molecular weight excluding hydrogens is 470 g/mol. The van der Waals surface area contributed by atoms with Gasteiger partial charge in [0.2, 0.25) is 15.6 Å². The minimum absolute atomic E-state index is 0.336. The summed E-state index contributed by atoms with van der Waals surface area (Å²) in [5, 5.41) is -1.26. The largest absolute Gasteiger partial charge is 0.495 e. The Hall–Kier alpha value is -3.98. The van der Waals surface area contributed by atoms with Gasteiger partial charge in [-0.1, -0.05) is 42.5 Å². The fraction of sp³-hybridized carbons (Fsp3) is 0.192. The number of nitrogens with zero attached hydrogens (tertiary/aromatic N) is 1. The van der Waals surface area contributed by atoms with Gasteiger partial charge in [-0.05, 0) is 41.5 Å². The summed E-state index contributed by atoms with van der Waals surface area (Å²) >= 11 is 0. The van der Waals surface area contributed by atoms with Crippen molar-refractivity contribution in [2.24, 2.45) is 0 Å². The molecule has 35 heavy (non-hydrogen) atoms. The lowest BCUT2D eigenvalue weighted by molar-refractivity contribution is -0.114. The molecule has 9 heteroatoms. The monoisotopic (exact) mass is 495 g/mol. The first-order chi connectivity index (χ1) is 16.9.